The minimum Gasteiger partial charge on any atom is -0.384 e. The molecule has 1 aliphatic heterocycles. The van der Waals surface area contributed by atoms with Crippen LogP contribution in [0.1, 0.15) is 32.1 Å². The number of hydrogen-bond acceptors (Lipinski definition) is 3. The summed E-state index contributed by atoms with van der Waals surface area (Å²) in [6.07, 6.45) is 6.34. The van der Waals surface area contributed by atoms with E-state index in [1.165, 1.54) is 25.7 Å². The predicted octanol–water partition coefficient (Wildman–Crippen LogP) is 1.36. The second-order valence-corrected chi connectivity index (χ2v) is 6.40. The molecule has 2 saturated carbocycles. The van der Waals surface area contributed by atoms with Crippen LogP contribution in [0.4, 0.5) is 0 Å². The van der Waals surface area contributed by atoms with Gasteiger partial charge in [0.2, 0.25) is 5.91 Å². The van der Waals surface area contributed by atoms with E-state index >= 15 is 0 Å². The number of carbonyl (C=O) groups excluding carboxylic acids is 1. The monoisotopic (exact) mass is 266 g/mol. The molecule has 2 aliphatic carbocycles. The fraction of sp³-hybridized carbons (Fsp3) is 0.933. The molecule has 0 spiro atoms. The van der Waals surface area contributed by atoms with Gasteiger partial charge in [0.1, 0.15) is 0 Å². The number of fused-ring (bicyclic) bond motifs is 2. The maximum Gasteiger partial charge on any atom is 0.224 e. The Morgan fingerprint density at radius 2 is 1.95 bits per heavy atom. The highest BCUT2D eigenvalue weighted by atomic mass is 16.5. The average Bonchev–Trinajstić information content (AvgIpc) is 3.07. The van der Waals surface area contributed by atoms with E-state index in [1.54, 1.807) is 7.11 Å². The van der Waals surface area contributed by atoms with Crippen molar-refractivity contribution in [3.8, 4) is 0 Å². The van der Waals surface area contributed by atoms with Crippen LogP contribution in [0.5, 0.6) is 0 Å². The first kappa shape index (κ1) is 13.4. The molecule has 108 valence electrons. The largest absolute Gasteiger partial charge is 0.384 e. The first-order chi connectivity index (χ1) is 9.28. The third-order valence-electron chi connectivity index (χ3n) is 5.36. The molecular weight excluding hydrogens is 240 g/mol. The van der Waals surface area contributed by atoms with Crippen LogP contribution in [0.2, 0.25) is 0 Å². The molecule has 3 atom stereocenters. The molecule has 0 aromatic rings. The Labute approximate surface area is 116 Å². The van der Waals surface area contributed by atoms with E-state index in [0.717, 1.165) is 44.1 Å². The fourth-order valence-corrected chi connectivity index (χ4v) is 4.31. The van der Waals surface area contributed by atoms with Crippen LogP contribution in [0.3, 0.4) is 0 Å². The SMILES string of the molecule is COCCC(=O)N1CCN(C2CC3CCC2C3)CC1. The Kier molecular flexibility index (Phi) is 4.08. The summed E-state index contributed by atoms with van der Waals surface area (Å²) in [6.45, 7) is 4.53. The molecule has 0 radical (unpaired) electrons. The summed E-state index contributed by atoms with van der Waals surface area (Å²) in [5, 5.41) is 0. The van der Waals surface area contributed by atoms with Crippen molar-refractivity contribution in [2.75, 3.05) is 39.9 Å². The number of rotatable bonds is 4. The van der Waals surface area contributed by atoms with Crippen LogP contribution in [-0.2, 0) is 9.53 Å². The fourth-order valence-electron chi connectivity index (χ4n) is 4.31. The van der Waals surface area contributed by atoms with E-state index in [1.807, 2.05) is 4.90 Å². The quantitative estimate of drug-likeness (QED) is 0.770. The van der Waals surface area contributed by atoms with Crippen molar-refractivity contribution in [3.63, 3.8) is 0 Å². The third kappa shape index (κ3) is 2.79. The van der Waals surface area contributed by atoms with Gasteiger partial charge in [0.25, 0.3) is 0 Å². The summed E-state index contributed by atoms with van der Waals surface area (Å²) in [4.78, 5) is 16.6. The van der Waals surface area contributed by atoms with Crippen molar-refractivity contribution in [2.24, 2.45) is 11.8 Å². The van der Waals surface area contributed by atoms with Crippen molar-refractivity contribution in [1.29, 1.82) is 0 Å². The maximum atomic E-state index is 11.9. The first-order valence-corrected chi connectivity index (χ1v) is 7.78. The van der Waals surface area contributed by atoms with E-state index in [9.17, 15) is 4.79 Å². The van der Waals surface area contributed by atoms with Crippen molar-refractivity contribution in [1.82, 2.24) is 9.80 Å². The van der Waals surface area contributed by atoms with E-state index < -0.39 is 0 Å². The highest BCUT2D eigenvalue weighted by Gasteiger charge is 2.42. The number of amides is 1. The number of hydrogen-bond donors (Lipinski definition) is 0. The molecule has 0 aromatic carbocycles. The molecule has 4 nitrogen and oxygen atoms in total. The number of nitrogens with zero attached hydrogens (tertiary/aromatic N) is 2. The van der Waals surface area contributed by atoms with E-state index in [-0.39, 0.29) is 5.91 Å². The van der Waals surface area contributed by atoms with Gasteiger partial charge >= 0.3 is 0 Å². The molecular formula is C15H26N2O2. The van der Waals surface area contributed by atoms with E-state index in [2.05, 4.69) is 4.90 Å². The molecule has 3 rings (SSSR count). The molecule has 3 unspecified atom stereocenters. The zero-order valence-electron chi connectivity index (χ0n) is 12.0. The lowest BCUT2D eigenvalue weighted by Gasteiger charge is -2.41. The summed E-state index contributed by atoms with van der Waals surface area (Å²) in [5.41, 5.74) is 0. The van der Waals surface area contributed by atoms with Crippen LogP contribution in [0.15, 0.2) is 0 Å². The van der Waals surface area contributed by atoms with Gasteiger partial charge in [-0.1, -0.05) is 6.42 Å². The van der Waals surface area contributed by atoms with Crippen LogP contribution in [0, 0.1) is 11.8 Å². The molecule has 1 saturated heterocycles. The highest BCUT2D eigenvalue weighted by molar-refractivity contribution is 5.76. The van der Waals surface area contributed by atoms with Crippen molar-refractivity contribution in [2.45, 2.75) is 38.1 Å². The van der Waals surface area contributed by atoms with E-state index in [0.29, 0.717) is 13.0 Å². The first-order valence-electron chi connectivity index (χ1n) is 7.78. The topological polar surface area (TPSA) is 32.8 Å². The van der Waals surface area contributed by atoms with Crippen molar-refractivity contribution >= 4 is 5.91 Å². The Morgan fingerprint density at radius 3 is 2.53 bits per heavy atom. The van der Waals surface area contributed by atoms with Gasteiger partial charge < -0.3 is 9.64 Å². The summed E-state index contributed by atoms with van der Waals surface area (Å²) in [6, 6.07) is 0.829. The van der Waals surface area contributed by atoms with Crippen LogP contribution in [0.25, 0.3) is 0 Å². The Balaban J connectivity index is 1.46. The van der Waals surface area contributed by atoms with Crippen molar-refractivity contribution in [3.05, 3.63) is 0 Å². The van der Waals surface area contributed by atoms with Crippen molar-refractivity contribution < 1.29 is 9.53 Å². The Hall–Kier alpha value is -0.610. The Morgan fingerprint density at radius 1 is 1.16 bits per heavy atom. The van der Waals surface area contributed by atoms with Gasteiger partial charge in [0.15, 0.2) is 0 Å². The van der Waals surface area contributed by atoms with Gasteiger partial charge in [-0.25, -0.2) is 0 Å². The molecule has 3 fully saturated rings. The number of piperazine rings is 1. The van der Waals surface area contributed by atoms with Gasteiger partial charge in [-0.2, -0.15) is 0 Å². The standard InChI is InChI=1S/C15H26N2O2/c1-19-9-4-15(18)17-7-5-16(6-8-17)14-11-12-2-3-13(14)10-12/h12-14H,2-11H2,1H3. The second kappa shape index (κ2) is 5.80. The highest BCUT2D eigenvalue weighted by Crippen LogP contribution is 2.46. The molecule has 0 N–H and O–H groups in total. The maximum absolute atomic E-state index is 11.9. The summed E-state index contributed by atoms with van der Waals surface area (Å²) < 4.78 is 4.98. The summed E-state index contributed by atoms with van der Waals surface area (Å²) >= 11 is 0. The van der Waals surface area contributed by atoms with Gasteiger partial charge in [0.05, 0.1) is 13.0 Å². The third-order valence-corrected chi connectivity index (χ3v) is 5.36. The predicted molar refractivity (Wildman–Crippen MR) is 73.9 cm³/mol. The number of methoxy groups -OCH3 is 1. The molecule has 1 amide bonds. The van der Waals surface area contributed by atoms with Gasteiger partial charge in [-0.3, -0.25) is 9.69 Å². The molecule has 4 heteroatoms. The van der Waals surface area contributed by atoms with Crippen LogP contribution in [-0.4, -0.2) is 61.6 Å². The molecule has 19 heavy (non-hydrogen) atoms. The van der Waals surface area contributed by atoms with E-state index in [4.69, 9.17) is 4.74 Å². The average molecular weight is 266 g/mol. The lowest BCUT2D eigenvalue weighted by molar-refractivity contribution is -0.134. The minimum atomic E-state index is 0.259. The minimum absolute atomic E-state index is 0.259. The summed E-state index contributed by atoms with van der Waals surface area (Å²) in [5.74, 6) is 2.23. The lowest BCUT2D eigenvalue weighted by Crippen LogP contribution is -2.53. The number of carbonyl (C=O) groups is 1. The number of ether oxygens (including phenoxy) is 1. The van der Waals surface area contributed by atoms with Gasteiger partial charge in [-0.05, 0) is 31.1 Å². The zero-order chi connectivity index (χ0) is 13.2. The second-order valence-electron chi connectivity index (χ2n) is 6.40. The normalized spacial score (nSPS) is 35.0. The molecule has 2 bridgehead atoms. The van der Waals surface area contributed by atoms with Crippen LogP contribution < -0.4 is 0 Å². The molecule has 0 aromatic heterocycles. The van der Waals surface area contributed by atoms with Gasteiger partial charge in [-0.15, -0.1) is 0 Å². The van der Waals surface area contributed by atoms with Gasteiger partial charge in [0, 0.05) is 39.3 Å². The zero-order valence-corrected chi connectivity index (χ0v) is 12.0. The smallest absolute Gasteiger partial charge is 0.224 e. The lowest BCUT2D eigenvalue weighted by atomic mass is 9.93. The molecule has 1 heterocycles. The molecule has 3 aliphatic rings. The Bertz CT molecular complexity index is 326. The van der Waals surface area contributed by atoms with Crippen LogP contribution >= 0.6 is 0 Å². The summed E-state index contributed by atoms with van der Waals surface area (Å²) in [7, 11) is 1.65.